The minimum absolute atomic E-state index is 0.0284. The molecule has 0 radical (unpaired) electrons. The molecule has 1 saturated heterocycles. The molecule has 2 unspecified atom stereocenters. The first kappa shape index (κ1) is 17.8. The van der Waals surface area contributed by atoms with E-state index in [0.29, 0.717) is 25.2 Å². The standard InChI is InChI=1S/C17H25FN2O3/c1-19(6-7-21)9-14-10-20(11-15(14)12-22)17(23)8-13-4-2-3-5-16(13)18/h2-5,14-15,21-22H,6-12H2,1H3. The van der Waals surface area contributed by atoms with Crippen LogP contribution >= 0.6 is 0 Å². The van der Waals surface area contributed by atoms with Crippen LogP contribution in [0.5, 0.6) is 0 Å². The Morgan fingerprint density at radius 3 is 2.65 bits per heavy atom. The van der Waals surface area contributed by atoms with Gasteiger partial charge in [0.1, 0.15) is 5.82 Å². The molecule has 1 aromatic rings. The highest BCUT2D eigenvalue weighted by molar-refractivity contribution is 5.79. The molecule has 1 aliphatic rings. The Balaban J connectivity index is 1.95. The van der Waals surface area contributed by atoms with Crippen LogP contribution in [-0.4, -0.2) is 72.4 Å². The van der Waals surface area contributed by atoms with E-state index in [-0.39, 0.29) is 43.2 Å². The molecule has 2 N–H and O–H groups in total. The van der Waals surface area contributed by atoms with E-state index in [1.807, 2.05) is 11.9 Å². The molecule has 0 aliphatic carbocycles. The van der Waals surface area contributed by atoms with Gasteiger partial charge < -0.3 is 20.0 Å². The minimum atomic E-state index is -0.363. The van der Waals surface area contributed by atoms with E-state index < -0.39 is 0 Å². The molecule has 6 heteroatoms. The summed E-state index contributed by atoms with van der Waals surface area (Å²) in [6.45, 7) is 2.47. The molecule has 0 saturated carbocycles. The average Bonchev–Trinajstić information content (AvgIpc) is 2.92. The molecular formula is C17H25FN2O3. The molecular weight excluding hydrogens is 299 g/mol. The lowest BCUT2D eigenvalue weighted by Gasteiger charge is -2.23. The van der Waals surface area contributed by atoms with Crippen LogP contribution in [0.4, 0.5) is 4.39 Å². The topological polar surface area (TPSA) is 64.0 Å². The van der Waals surface area contributed by atoms with E-state index in [2.05, 4.69) is 0 Å². The van der Waals surface area contributed by atoms with E-state index in [4.69, 9.17) is 5.11 Å². The number of nitrogens with zero attached hydrogens (tertiary/aromatic N) is 2. The van der Waals surface area contributed by atoms with E-state index in [1.165, 1.54) is 6.07 Å². The second kappa shape index (κ2) is 8.38. The number of hydrogen-bond donors (Lipinski definition) is 2. The molecule has 0 bridgehead atoms. The molecule has 5 nitrogen and oxygen atoms in total. The van der Waals surface area contributed by atoms with Gasteiger partial charge in [0.15, 0.2) is 0 Å². The first-order chi connectivity index (χ1) is 11.0. The number of likely N-dealkylation sites (tertiary alicyclic amines) is 1. The number of rotatable bonds is 7. The second-order valence-corrected chi connectivity index (χ2v) is 6.26. The molecule has 2 atom stereocenters. The zero-order chi connectivity index (χ0) is 16.8. The minimum Gasteiger partial charge on any atom is -0.396 e. The van der Waals surface area contributed by atoms with Gasteiger partial charge in [-0.05, 0) is 24.6 Å². The van der Waals surface area contributed by atoms with Gasteiger partial charge in [-0.3, -0.25) is 4.79 Å². The van der Waals surface area contributed by atoms with E-state index in [0.717, 1.165) is 6.54 Å². The molecule has 23 heavy (non-hydrogen) atoms. The summed E-state index contributed by atoms with van der Waals surface area (Å²) >= 11 is 0. The SMILES string of the molecule is CN(CCO)CC1CN(C(=O)Cc2ccccc2F)CC1CO. The Kier molecular flexibility index (Phi) is 6.50. The molecule has 0 spiro atoms. The van der Waals surface area contributed by atoms with Gasteiger partial charge in [-0.15, -0.1) is 0 Å². The maximum absolute atomic E-state index is 13.7. The van der Waals surface area contributed by atoms with E-state index in [1.54, 1.807) is 23.1 Å². The van der Waals surface area contributed by atoms with Gasteiger partial charge in [0.25, 0.3) is 0 Å². The smallest absolute Gasteiger partial charge is 0.227 e. The number of carbonyl (C=O) groups excluding carboxylic acids is 1. The van der Waals surface area contributed by atoms with Gasteiger partial charge in [0.05, 0.1) is 13.0 Å². The predicted molar refractivity (Wildman–Crippen MR) is 85.3 cm³/mol. The summed E-state index contributed by atoms with van der Waals surface area (Å²) in [4.78, 5) is 16.1. The van der Waals surface area contributed by atoms with Crippen molar-refractivity contribution in [1.29, 1.82) is 0 Å². The molecule has 1 aromatic carbocycles. The van der Waals surface area contributed by atoms with Crippen LogP contribution in [0.15, 0.2) is 24.3 Å². The molecule has 2 rings (SSSR count). The number of carbonyl (C=O) groups is 1. The lowest BCUT2D eigenvalue weighted by molar-refractivity contribution is -0.129. The van der Waals surface area contributed by atoms with Gasteiger partial charge in [-0.25, -0.2) is 4.39 Å². The Morgan fingerprint density at radius 2 is 2.00 bits per heavy atom. The third-order valence-corrected chi connectivity index (χ3v) is 4.49. The second-order valence-electron chi connectivity index (χ2n) is 6.26. The first-order valence-corrected chi connectivity index (χ1v) is 7.96. The number of aliphatic hydroxyl groups excluding tert-OH is 2. The van der Waals surface area contributed by atoms with Crippen LogP contribution in [-0.2, 0) is 11.2 Å². The van der Waals surface area contributed by atoms with Crippen molar-refractivity contribution in [3.63, 3.8) is 0 Å². The lowest BCUT2D eigenvalue weighted by Crippen LogP contribution is -2.34. The Morgan fingerprint density at radius 1 is 1.30 bits per heavy atom. The Labute approximate surface area is 136 Å². The van der Waals surface area contributed by atoms with Crippen molar-refractivity contribution in [2.24, 2.45) is 11.8 Å². The summed E-state index contributed by atoms with van der Waals surface area (Å²) in [7, 11) is 1.91. The molecule has 1 fully saturated rings. The van der Waals surface area contributed by atoms with Crippen LogP contribution in [0.25, 0.3) is 0 Å². The predicted octanol–water partition coefficient (Wildman–Crippen LogP) is 0.359. The first-order valence-electron chi connectivity index (χ1n) is 7.96. The Bertz CT molecular complexity index is 526. The fraction of sp³-hybridized carbons (Fsp3) is 0.588. The summed E-state index contributed by atoms with van der Waals surface area (Å²) in [6, 6.07) is 6.31. The van der Waals surface area contributed by atoms with E-state index >= 15 is 0 Å². The number of aliphatic hydroxyl groups is 2. The van der Waals surface area contributed by atoms with Gasteiger partial charge in [-0.1, -0.05) is 18.2 Å². The molecule has 1 amide bonds. The zero-order valence-corrected chi connectivity index (χ0v) is 13.5. The van der Waals surface area contributed by atoms with Crippen LogP contribution in [0.1, 0.15) is 5.56 Å². The van der Waals surface area contributed by atoms with Crippen LogP contribution in [0, 0.1) is 17.7 Å². The summed E-state index contributed by atoms with van der Waals surface area (Å²) < 4.78 is 13.7. The third-order valence-electron chi connectivity index (χ3n) is 4.49. The van der Waals surface area contributed by atoms with Gasteiger partial charge in [0.2, 0.25) is 5.91 Å². The van der Waals surface area contributed by atoms with E-state index in [9.17, 15) is 14.3 Å². The summed E-state index contributed by atoms with van der Waals surface area (Å²) in [6.07, 6.45) is 0.0457. The number of halogens is 1. The molecule has 1 heterocycles. The molecule has 0 aromatic heterocycles. The maximum atomic E-state index is 13.7. The molecule has 1 aliphatic heterocycles. The highest BCUT2D eigenvalue weighted by atomic mass is 19.1. The lowest BCUT2D eigenvalue weighted by atomic mass is 9.96. The van der Waals surface area contributed by atoms with Crippen molar-refractivity contribution in [3.8, 4) is 0 Å². The van der Waals surface area contributed by atoms with Gasteiger partial charge in [0, 0.05) is 38.7 Å². The zero-order valence-electron chi connectivity index (χ0n) is 13.5. The van der Waals surface area contributed by atoms with Crippen LogP contribution < -0.4 is 0 Å². The normalized spacial score (nSPS) is 21.2. The van der Waals surface area contributed by atoms with Crippen LogP contribution in [0.2, 0.25) is 0 Å². The quantitative estimate of drug-likeness (QED) is 0.760. The molecule has 128 valence electrons. The summed E-state index contributed by atoms with van der Waals surface area (Å²) in [5.41, 5.74) is 0.402. The highest BCUT2D eigenvalue weighted by Crippen LogP contribution is 2.24. The fourth-order valence-electron chi connectivity index (χ4n) is 3.13. The summed E-state index contributed by atoms with van der Waals surface area (Å²) in [5.74, 6) is -0.277. The largest absolute Gasteiger partial charge is 0.396 e. The van der Waals surface area contributed by atoms with Crippen molar-refractivity contribution in [1.82, 2.24) is 9.80 Å². The maximum Gasteiger partial charge on any atom is 0.227 e. The number of hydrogen-bond acceptors (Lipinski definition) is 4. The van der Waals surface area contributed by atoms with Crippen molar-refractivity contribution in [2.45, 2.75) is 6.42 Å². The Hall–Kier alpha value is -1.50. The monoisotopic (exact) mass is 324 g/mol. The number of likely N-dealkylation sites (N-methyl/N-ethyl adjacent to an activating group) is 1. The van der Waals surface area contributed by atoms with Gasteiger partial charge >= 0.3 is 0 Å². The fourth-order valence-corrected chi connectivity index (χ4v) is 3.13. The summed E-state index contributed by atoms with van der Waals surface area (Å²) in [5, 5.41) is 18.5. The number of benzene rings is 1. The third kappa shape index (κ3) is 4.73. The van der Waals surface area contributed by atoms with Crippen molar-refractivity contribution < 1.29 is 19.4 Å². The van der Waals surface area contributed by atoms with Gasteiger partial charge in [-0.2, -0.15) is 0 Å². The van der Waals surface area contributed by atoms with Crippen molar-refractivity contribution in [3.05, 3.63) is 35.6 Å². The highest BCUT2D eigenvalue weighted by Gasteiger charge is 2.35. The number of amides is 1. The van der Waals surface area contributed by atoms with Crippen molar-refractivity contribution in [2.75, 3.05) is 46.4 Å². The van der Waals surface area contributed by atoms with Crippen molar-refractivity contribution >= 4 is 5.91 Å². The average molecular weight is 324 g/mol. The van der Waals surface area contributed by atoms with Crippen LogP contribution in [0.3, 0.4) is 0 Å².